The summed E-state index contributed by atoms with van der Waals surface area (Å²) in [7, 11) is -3.48. The van der Waals surface area contributed by atoms with Crippen LogP contribution in [0.1, 0.15) is 24.8 Å². The number of rotatable bonds is 3. The van der Waals surface area contributed by atoms with Gasteiger partial charge in [0.2, 0.25) is 10.0 Å². The van der Waals surface area contributed by atoms with Gasteiger partial charge in [-0.2, -0.15) is 4.31 Å². The van der Waals surface area contributed by atoms with E-state index in [-0.39, 0.29) is 4.90 Å². The molecule has 0 spiro atoms. The lowest BCUT2D eigenvalue weighted by Crippen LogP contribution is -2.37. The van der Waals surface area contributed by atoms with Gasteiger partial charge in [0, 0.05) is 19.1 Å². The summed E-state index contributed by atoms with van der Waals surface area (Å²) in [5.74, 6) is 0. The Balaban J connectivity index is 1.81. The van der Waals surface area contributed by atoms with Crippen molar-refractivity contribution in [2.75, 3.05) is 26.2 Å². The molecule has 1 aromatic rings. The van der Waals surface area contributed by atoms with Crippen LogP contribution in [0, 0.1) is 6.92 Å². The van der Waals surface area contributed by atoms with Gasteiger partial charge < -0.3 is 0 Å². The molecule has 2 aliphatic heterocycles. The molecule has 21 heavy (non-hydrogen) atoms. The zero-order chi connectivity index (χ0) is 15.0. The Morgan fingerprint density at radius 2 is 1.90 bits per heavy atom. The van der Waals surface area contributed by atoms with E-state index in [9.17, 15) is 8.42 Å². The number of nitrogens with zero attached hydrogens (tertiary/aromatic N) is 2. The third-order valence-corrected chi connectivity index (χ3v) is 7.08. The van der Waals surface area contributed by atoms with Crippen molar-refractivity contribution in [3.63, 3.8) is 0 Å². The van der Waals surface area contributed by atoms with E-state index in [1.807, 2.05) is 13.0 Å². The fourth-order valence-corrected chi connectivity index (χ4v) is 5.34. The summed E-state index contributed by atoms with van der Waals surface area (Å²) >= 11 is 6.20. The van der Waals surface area contributed by atoms with Crippen LogP contribution in [-0.2, 0) is 10.0 Å². The average molecular weight is 329 g/mol. The van der Waals surface area contributed by atoms with Gasteiger partial charge >= 0.3 is 0 Å². The fraction of sp³-hybridized carbons (Fsp3) is 0.600. The Labute approximate surface area is 131 Å². The molecule has 0 aliphatic carbocycles. The van der Waals surface area contributed by atoms with Crippen molar-refractivity contribution in [2.24, 2.45) is 0 Å². The Bertz CT molecular complexity index is 627. The molecule has 1 aromatic carbocycles. The molecule has 0 unspecified atom stereocenters. The van der Waals surface area contributed by atoms with Crippen LogP contribution in [0.3, 0.4) is 0 Å². The van der Waals surface area contributed by atoms with Crippen LogP contribution in [0.25, 0.3) is 0 Å². The minimum absolute atomic E-state index is 0.242. The second-order valence-electron chi connectivity index (χ2n) is 5.94. The van der Waals surface area contributed by atoms with Crippen LogP contribution < -0.4 is 0 Å². The summed E-state index contributed by atoms with van der Waals surface area (Å²) in [6, 6.07) is 5.56. The third kappa shape index (κ3) is 2.84. The van der Waals surface area contributed by atoms with E-state index in [1.54, 1.807) is 16.4 Å². The molecule has 6 heteroatoms. The minimum Gasteiger partial charge on any atom is -0.299 e. The van der Waals surface area contributed by atoms with Crippen LogP contribution >= 0.6 is 11.6 Å². The molecule has 0 radical (unpaired) electrons. The van der Waals surface area contributed by atoms with E-state index < -0.39 is 10.0 Å². The molecule has 116 valence electrons. The number of sulfonamides is 1. The summed E-state index contributed by atoms with van der Waals surface area (Å²) in [4.78, 5) is 2.67. The molecule has 2 saturated heterocycles. The van der Waals surface area contributed by atoms with Crippen molar-refractivity contribution in [3.8, 4) is 0 Å². The SMILES string of the molecule is Cc1cccc(S(=O)(=O)N2CC[C@H](N3CCCC3)C2)c1Cl. The normalized spacial score (nSPS) is 24.8. The maximum absolute atomic E-state index is 12.8. The zero-order valence-corrected chi connectivity index (χ0v) is 13.8. The van der Waals surface area contributed by atoms with Gasteiger partial charge in [-0.05, 0) is 50.9 Å². The van der Waals surface area contributed by atoms with E-state index in [0.29, 0.717) is 24.2 Å². The van der Waals surface area contributed by atoms with Crippen molar-refractivity contribution in [1.82, 2.24) is 9.21 Å². The van der Waals surface area contributed by atoms with E-state index in [2.05, 4.69) is 4.90 Å². The number of hydrogen-bond acceptors (Lipinski definition) is 3. The van der Waals surface area contributed by atoms with Crippen molar-refractivity contribution in [3.05, 3.63) is 28.8 Å². The lowest BCUT2D eigenvalue weighted by molar-refractivity contribution is 0.251. The summed E-state index contributed by atoms with van der Waals surface area (Å²) in [6.45, 7) is 5.21. The van der Waals surface area contributed by atoms with Gasteiger partial charge in [0.25, 0.3) is 0 Å². The minimum atomic E-state index is -3.48. The molecule has 1 atom stereocenters. The fourth-order valence-electron chi connectivity index (χ4n) is 3.29. The van der Waals surface area contributed by atoms with Crippen LogP contribution in [0.15, 0.2) is 23.1 Å². The molecular formula is C15H21ClN2O2S. The summed E-state index contributed by atoms with van der Waals surface area (Å²) in [5.41, 5.74) is 0.799. The summed E-state index contributed by atoms with van der Waals surface area (Å²) in [6.07, 6.45) is 3.38. The first-order valence-corrected chi connectivity index (χ1v) is 9.31. The number of benzene rings is 1. The Morgan fingerprint density at radius 3 is 2.62 bits per heavy atom. The summed E-state index contributed by atoms with van der Waals surface area (Å²) < 4.78 is 27.2. The molecule has 3 rings (SSSR count). The molecule has 0 amide bonds. The molecule has 2 fully saturated rings. The van der Waals surface area contributed by atoms with Gasteiger partial charge in [-0.25, -0.2) is 8.42 Å². The van der Waals surface area contributed by atoms with Gasteiger partial charge in [-0.1, -0.05) is 23.7 Å². The van der Waals surface area contributed by atoms with Crippen LogP contribution in [0.5, 0.6) is 0 Å². The van der Waals surface area contributed by atoms with E-state index in [4.69, 9.17) is 11.6 Å². The standard InChI is InChI=1S/C15H21ClN2O2S/c1-12-5-4-6-14(15(12)16)21(19,20)18-10-7-13(11-18)17-8-2-3-9-17/h4-6,13H,2-3,7-11H2,1H3/t13-/m0/s1. The largest absolute Gasteiger partial charge is 0.299 e. The van der Waals surface area contributed by atoms with Crippen molar-refractivity contribution in [2.45, 2.75) is 37.1 Å². The monoisotopic (exact) mass is 328 g/mol. The molecule has 0 aromatic heterocycles. The number of likely N-dealkylation sites (tertiary alicyclic amines) is 1. The number of halogens is 1. The maximum atomic E-state index is 12.8. The molecule has 2 heterocycles. The number of aryl methyl sites for hydroxylation is 1. The Hall–Kier alpha value is -0.620. The van der Waals surface area contributed by atoms with Gasteiger partial charge in [0.1, 0.15) is 4.90 Å². The van der Waals surface area contributed by atoms with Gasteiger partial charge in [0.05, 0.1) is 5.02 Å². The maximum Gasteiger partial charge on any atom is 0.244 e. The predicted molar refractivity (Wildman–Crippen MR) is 84.2 cm³/mol. The summed E-state index contributed by atoms with van der Waals surface area (Å²) in [5, 5.41) is 0.349. The van der Waals surface area contributed by atoms with E-state index in [1.165, 1.54) is 12.8 Å². The predicted octanol–water partition coefficient (Wildman–Crippen LogP) is 2.51. The molecule has 2 aliphatic rings. The van der Waals surface area contributed by atoms with Crippen molar-refractivity contribution in [1.29, 1.82) is 0 Å². The number of hydrogen-bond donors (Lipinski definition) is 0. The smallest absolute Gasteiger partial charge is 0.244 e. The van der Waals surface area contributed by atoms with Crippen LogP contribution in [0.2, 0.25) is 5.02 Å². The first kappa shape index (κ1) is 15.3. The second-order valence-corrected chi connectivity index (χ2v) is 8.22. The lowest BCUT2D eigenvalue weighted by Gasteiger charge is -2.23. The highest BCUT2D eigenvalue weighted by Crippen LogP contribution is 2.30. The van der Waals surface area contributed by atoms with Crippen LogP contribution in [-0.4, -0.2) is 49.8 Å². The topological polar surface area (TPSA) is 40.6 Å². The van der Waals surface area contributed by atoms with Crippen LogP contribution in [0.4, 0.5) is 0 Å². The molecule has 4 nitrogen and oxygen atoms in total. The molecular weight excluding hydrogens is 308 g/mol. The molecule has 0 saturated carbocycles. The van der Waals surface area contributed by atoms with E-state index >= 15 is 0 Å². The lowest BCUT2D eigenvalue weighted by atomic mass is 10.2. The second kappa shape index (κ2) is 5.88. The molecule has 0 bridgehead atoms. The van der Waals surface area contributed by atoms with E-state index in [0.717, 1.165) is 25.1 Å². The van der Waals surface area contributed by atoms with Crippen molar-refractivity contribution < 1.29 is 8.42 Å². The highest BCUT2D eigenvalue weighted by Gasteiger charge is 2.36. The first-order valence-electron chi connectivity index (χ1n) is 7.49. The van der Waals surface area contributed by atoms with Gasteiger partial charge in [0.15, 0.2) is 0 Å². The highest BCUT2D eigenvalue weighted by molar-refractivity contribution is 7.89. The average Bonchev–Trinajstić information content (AvgIpc) is 3.11. The Morgan fingerprint density at radius 1 is 1.19 bits per heavy atom. The third-order valence-electron chi connectivity index (χ3n) is 4.56. The zero-order valence-electron chi connectivity index (χ0n) is 12.3. The Kier molecular flexibility index (Phi) is 4.28. The van der Waals surface area contributed by atoms with Gasteiger partial charge in [-0.3, -0.25) is 4.90 Å². The van der Waals surface area contributed by atoms with Crippen molar-refractivity contribution >= 4 is 21.6 Å². The quantitative estimate of drug-likeness (QED) is 0.856. The van der Waals surface area contributed by atoms with Gasteiger partial charge in [-0.15, -0.1) is 0 Å². The molecule has 0 N–H and O–H groups in total. The highest BCUT2D eigenvalue weighted by atomic mass is 35.5. The first-order chi connectivity index (χ1) is 10.00.